The zero-order chi connectivity index (χ0) is 36.2. The van der Waals surface area contributed by atoms with Gasteiger partial charge in [0.05, 0.1) is 9.79 Å². The second-order valence-electron chi connectivity index (χ2n) is 12.2. The van der Waals surface area contributed by atoms with E-state index in [9.17, 15) is 25.9 Å². The van der Waals surface area contributed by atoms with Crippen molar-refractivity contribution in [3.8, 4) is 0 Å². The second kappa shape index (κ2) is 15.3. The summed E-state index contributed by atoms with van der Waals surface area (Å²) in [4.78, 5) is 1.89. The van der Waals surface area contributed by atoms with Gasteiger partial charge in [0.25, 0.3) is 20.2 Å². The van der Waals surface area contributed by atoms with Crippen LogP contribution in [-0.4, -0.2) is 49.3 Å². The van der Waals surface area contributed by atoms with E-state index in [2.05, 4.69) is 59.8 Å². The van der Waals surface area contributed by atoms with E-state index >= 15 is 0 Å². The average molecular weight is 732 g/mol. The molecule has 0 atom stereocenters. The summed E-state index contributed by atoms with van der Waals surface area (Å²) in [7, 11) is -8.61. The van der Waals surface area contributed by atoms with Crippen molar-refractivity contribution >= 4 is 48.8 Å². The summed E-state index contributed by atoms with van der Waals surface area (Å²) in [5.74, 6) is 0. The van der Waals surface area contributed by atoms with Crippen molar-refractivity contribution in [2.75, 3.05) is 18.0 Å². The van der Waals surface area contributed by atoms with Gasteiger partial charge in [0.15, 0.2) is 12.3 Å². The maximum atomic E-state index is 11.7. The molecule has 1 aliphatic carbocycles. The topological polar surface area (TPSA) is 115 Å². The van der Waals surface area contributed by atoms with Crippen LogP contribution in [-0.2, 0) is 33.3 Å². The molecule has 0 saturated carbocycles. The first kappa shape index (κ1) is 36.9. The number of nitrogens with zero attached hydrogens (tertiary/aromatic N) is 2. The fraction of sp³-hybridized carbons (Fsp3) is 0.205. The molecule has 0 amide bonds. The predicted octanol–water partition coefficient (Wildman–Crippen LogP) is 8.16. The molecule has 0 fully saturated rings. The summed E-state index contributed by atoms with van der Waals surface area (Å²) in [5.41, 5.74) is 9.73. The van der Waals surface area contributed by atoms with Crippen LogP contribution in [0, 0.1) is 6.92 Å². The molecule has 0 spiro atoms. The Balaban J connectivity index is 1.54. The first-order valence-electron chi connectivity index (χ1n) is 16.2. The summed E-state index contributed by atoms with van der Waals surface area (Å²) < 4.78 is 68.1. The molecule has 8 nitrogen and oxygen atoms in total. The smallest absolute Gasteiger partial charge is 0.294 e. The fourth-order valence-corrected chi connectivity index (χ4v) is 7.37. The van der Waals surface area contributed by atoms with Gasteiger partial charge in [-0.3, -0.25) is 9.11 Å². The molecule has 0 radical (unpaired) electrons. The van der Waals surface area contributed by atoms with Gasteiger partial charge in [-0.1, -0.05) is 54.1 Å². The van der Waals surface area contributed by atoms with Crippen LogP contribution in [0.15, 0.2) is 130 Å². The van der Waals surface area contributed by atoms with E-state index in [1.807, 2.05) is 50.2 Å². The van der Waals surface area contributed by atoms with Crippen molar-refractivity contribution in [3.63, 3.8) is 0 Å². The zero-order valence-electron chi connectivity index (χ0n) is 28.3. The highest BCUT2D eigenvalue weighted by atomic mass is 35.5. The molecular formula is C39H40ClN2O6S2+. The Kier molecular flexibility index (Phi) is 11.3. The summed E-state index contributed by atoms with van der Waals surface area (Å²) in [6.45, 7) is 10.5. The fourth-order valence-electron chi connectivity index (χ4n) is 6.14. The molecule has 0 heterocycles. The monoisotopic (exact) mass is 731 g/mol. The lowest BCUT2D eigenvalue weighted by molar-refractivity contribution is -0.539. The van der Waals surface area contributed by atoms with Crippen LogP contribution in [0.2, 0.25) is 5.02 Å². The maximum Gasteiger partial charge on any atom is 0.294 e. The van der Waals surface area contributed by atoms with Gasteiger partial charge in [0.2, 0.25) is 0 Å². The quantitative estimate of drug-likeness (QED) is 0.118. The van der Waals surface area contributed by atoms with Gasteiger partial charge < -0.3 is 4.90 Å². The molecule has 4 aromatic carbocycles. The number of aryl methyl sites for hydroxylation is 1. The number of allylic oxidation sites excluding steroid dienone is 5. The molecule has 4 aromatic rings. The molecule has 0 unspecified atom stereocenters. The number of anilines is 1. The lowest BCUT2D eigenvalue weighted by Crippen LogP contribution is -2.22. The molecule has 0 aliphatic heterocycles. The molecule has 50 heavy (non-hydrogen) atoms. The van der Waals surface area contributed by atoms with Crippen molar-refractivity contribution in [1.82, 2.24) is 0 Å². The number of halogens is 1. The molecule has 1 aliphatic rings. The van der Waals surface area contributed by atoms with E-state index in [1.165, 1.54) is 24.3 Å². The Hall–Kier alpha value is -4.32. The van der Waals surface area contributed by atoms with Crippen LogP contribution >= 0.6 is 11.6 Å². The van der Waals surface area contributed by atoms with Gasteiger partial charge in [-0.25, -0.2) is 4.58 Å². The van der Waals surface area contributed by atoms with Crippen LogP contribution in [0.4, 0.5) is 5.69 Å². The zero-order valence-corrected chi connectivity index (χ0v) is 30.7. The van der Waals surface area contributed by atoms with Crippen molar-refractivity contribution in [3.05, 3.63) is 153 Å². The predicted molar refractivity (Wildman–Crippen MR) is 200 cm³/mol. The third-order valence-corrected chi connectivity index (χ3v) is 10.7. The van der Waals surface area contributed by atoms with E-state index in [-0.39, 0.29) is 9.79 Å². The normalized spacial score (nSPS) is 15.5. The highest BCUT2D eigenvalue weighted by molar-refractivity contribution is 7.86. The SMILES string of the molecule is CCN(Cc1cccc(S(=O)(=O)O)c1)c1ccc(/C(=C2\C=CC(=[N+](CC)Cc3cccc(S(=O)(=O)O)c3)C=C2C)c2ccc(Cl)cc2)c(C)c1. The van der Waals surface area contributed by atoms with Gasteiger partial charge in [-0.2, -0.15) is 16.8 Å². The van der Waals surface area contributed by atoms with E-state index in [1.54, 1.807) is 12.1 Å². The average Bonchev–Trinajstić information content (AvgIpc) is 3.08. The highest BCUT2D eigenvalue weighted by Gasteiger charge is 2.21. The molecule has 0 aromatic heterocycles. The van der Waals surface area contributed by atoms with E-state index in [0.717, 1.165) is 55.9 Å². The highest BCUT2D eigenvalue weighted by Crippen LogP contribution is 2.36. The Morgan fingerprint density at radius 1 is 0.780 bits per heavy atom. The lowest BCUT2D eigenvalue weighted by atomic mass is 9.85. The molecule has 5 rings (SSSR count). The Bertz CT molecular complexity index is 2270. The standard InChI is InChI=1S/C39H39ClN2O6S2/c1-5-41(25-29-9-7-11-35(23-29)49(43,44)45)33-17-19-37(27(3)21-33)39(31-13-15-32(40)16-14-31)38-20-18-34(22-28(38)4)42(6-2)26-30-10-8-12-36(24-30)50(46,47)48/h7-24H,5-6,25-26H2,1-4H3,(H-,43,44,45,46,47,48)/p+1. The van der Waals surface area contributed by atoms with Crippen LogP contribution in [0.1, 0.15) is 48.6 Å². The molecule has 0 saturated heterocycles. The van der Waals surface area contributed by atoms with Crippen LogP contribution in [0.3, 0.4) is 0 Å². The second-order valence-corrected chi connectivity index (χ2v) is 15.4. The number of hydrogen-bond acceptors (Lipinski definition) is 5. The van der Waals surface area contributed by atoms with E-state index < -0.39 is 20.2 Å². The minimum atomic E-state index is -4.30. The van der Waals surface area contributed by atoms with Crippen molar-refractivity contribution < 1.29 is 30.5 Å². The number of benzene rings is 4. The summed E-state index contributed by atoms with van der Waals surface area (Å²) in [5, 5.41) is 0.639. The largest absolute Gasteiger partial charge is 0.367 e. The molecule has 11 heteroatoms. The molecular weight excluding hydrogens is 692 g/mol. The Labute approximate surface area is 299 Å². The van der Waals surface area contributed by atoms with Crippen LogP contribution in [0.5, 0.6) is 0 Å². The van der Waals surface area contributed by atoms with Crippen LogP contribution < -0.4 is 4.90 Å². The van der Waals surface area contributed by atoms with Crippen molar-refractivity contribution in [2.24, 2.45) is 0 Å². The van der Waals surface area contributed by atoms with E-state index in [4.69, 9.17) is 11.6 Å². The van der Waals surface area contributed by atoms with Gasteiger partial charge in [-0.15, -0.1) is 0 Å². The Morgan fingerprint density at radius 2 is 1.40 bits per heavy atom. The first-order chi connectivity index (χ1) is 23.7. The van der Waals surface area contributed by atoms with Gasteiger partial charge in [0, 0.05) is 41.5 Å². The van der Waals surface area contributed by atoms with E-state index in [0.29, 0.717) is 31.2 Å². The Morgan fingerprint density at radius 3 is 1.96 bits per heavy atom. The van der Waals surface area contributed by atoms with Crippen molar-refractivity contribution in [1.29, 1.82) is 0 Å². The summed E-state index contributed by atoms with van der Waals surface area (Å²) in [6.07, 6.45) is 6.31. The maximum absolute atomic E-state index is 11.7. The minimum Gasteiger partial charge on any atom is -0.367 e. The summed E-state index contributed by atoms with van der Waals surface area (Å²) >= 11 is 6.30. The lowest BCUT2D eigenvalue weighted by Gasteiger charge is -2.25. The molecule has 0 bridgehead atoms. The molecule has 260 valence electrons. The number of hydrogen-bond donors (Lipinski definition) is 2. The molecule has 2 N–H and O–H groups in total. The van der Waals surface area contributed by atoms with Gasteiger partial charge >= 0.3 is 0 Å². The van der Waals surface area contributed by atoms with Crippen molar-refractivity contribution in [2.45, 2.75) is 50.6 Å². The summed E-state index contributed by atoms with van der Waals surface area (Å²) in [6, 6.07) is 26.8. The third-order valence-electron chi connectivity index (χ3n) is 8.72. The third kappa shape index (κ3) is 8.69. The first-order valence-corrected chi connectivity index (χ1v) is 19.4. The number of rotatable bonds is 11. The van der Waals surface area contributed by atoms with Crippen LogP contribution in [0.25, 0.3) is 5.57 Å². The minimum absolute atomic E-state index is 0.130. The van der Waals surface area contributed by atoms with Gasteiger partial charge in [0.1, 0.15) is 6.54 Å². The van der Waals surface area contributed by atoms with Gasteiger partial charge in [-0.05, 0) is 121 Å².